The van der Waals surface area contributed by atoms with E-state index in [0.29, 0.717) is 11.3 Å². The molecule has 6 nitrogen and oxygen atoms in total. The molecule has 0 saturated heterocycles. The van der Waals surface area contributed by atoms with Crippen LogP contribution in [0.25, 0.3) is 0 Å². The van der Waals surface area contributed by atoms with Gasteiger partial charge in [-0.2, -0.15) is 0 Å². The molecule has 0 bridgehead atoms. The van der Waals surface area contributed by atoms with Crippen molar-refractivity contribution in [3.63, 3.8) is 0 Å². The number of fused-ring (bicyclic) bond motifs is 1. The van der Waals surface area contributed by atoms with Crippen LogP contribution in [-0.2, 0) is 4.79 Å². The molecule has 2 aliphatic rings. The lowest BCUT2D eigenvalue weighted by atomic mass is 9.77. The van der Waals surface area contributed by atoms with Crippen molar-refractivity contribution in [1.29, 1.82) is 0 Å². The molecule has 3 aromatic rings. The quantitative estimate of drug-likeness (QED) is 0.469. The molecule has 0 aromatic heterocycles. The van der Waals surface area contributed by atoms with Gasteiger partial charge in [0.25, 0.3) is 5.91 Å². The molecule has 0 spiro atoms. The van der Waals surface area contributed by atoms with Crippen LogP contribution in [0.3, 0.4) is 0 Å². The fraction of sp³-hybridized carbons (Fsp3) is 0.333. The molecule has 6 heteroatoms. The topological polar surface area (TPSA) is 67.9 Å². The van der Waals surface area contributed by atoms with Crippen LogP contribution in [0, 0.1) is 0 Å². The third-order valence-corrected chi connectivity index (χ3v) is 7.44. The second kappa shape index (κ2) is 10.4. The first-order valence-corrected chi connectivity index (χ1v) is 12.6. The molecule has 36 heavy (non-hydrogen) atoms. The Morgan fingerprint density at radius 1 is 0.833 bits per heavy atom. The molecule has 186 valence electrons. The number of rotatable bonds is 6. The van der Waals surface area contributed by atoms with Crippen LogP contribution in [0.1, 0.15) is 65.5 Å². The van der Waals surface area contributed by atoms with Crippen molar-refractivity contribution in [1.82, 2.24) is 4.90 Å². The van der Waals surface area contributed by atoms with E-state index in [1.54, 1.807) is 14.2 Å². The number of ether oxygens (including phenoxy) is 2. The molecule has 5 rings (SSSR count). The maximum absolute atomic E-state index is 14.0. The first-order chi connectivity index (χ1) is 17.6. The van der Waals surface area contributed by atoms with Crippen LogP contribution in [0.5, 0.6) is 11.5 Å². The van der Waals surface area contributed by atoms with Gasteiger partial charge in [-0.05, 0) is 66.4 Å². The lowest BCUT2D eigenvalue weighted by Crippen LogP contribution is -2.51. The van der Waals surface area contributed by atoms with E-state index in [9.17, 15) is 9.59 Å². The van der Waals surface area contributed by atoms with Gasteiger partial charge in [-0.3, -0.25) is 9.59 Å². The molecule has 1 heterocycles. The molecule has 1 aliphatic carbocycles. The zero-order valence-corrected chi connectivity index (χ0v) is 20.8. The molecule has 2 amide bonds. The van der Waals surface area contributed by atoms with Crippen molar-refractivity contribution in [3.05, 3.63) is 89.5 Å². The summed E-state index contributed by atoms with van der Waals surface area (Å²) in [4.78, 5) is 30.0. The molecule has 2 atom stereocenters. The van der Waals surface area contributed by atoms with E-state index >= 15 is 0 Å². The summed E-state index contributed by atoms with van der Waals surface area (Å²) in [5, 5.41) is 3.11. The summed E-state index contributed by atoms with van der Waals surface area (Å²) < 4.78 is 10.6. The molecule has 0 radical (unpaired) electrons. The number of amides is 2. The summed E-state index contributed by atoms with van der Waals surface area (Å²) in [7, 11) is 3.25. The minimum Gasteiger partial charge on any atom is -0.497 e. The van der Waals surface area contributed by atoms with Gasteiger partial charge in [0.2, 0.25) is 5.91 Å². The summed E-state index contributed by atoms with van der Waals surface area (Å²) in [5.41, 5.74) is 3.00. The lowest BCUT2D eigenvalue weighted by molar-refractivity contribution is -0.119. The third-order valence-electron chi connectivity index (χ3n) is 7.44. The largest absolute Gasteiger partial charge is 0.497 e. The van der Waals surface area contributed by atoms with Crippen LogP contribution in [-0.4, -0.2) is 37.0 Å². The maximum atomic E-state index is 14.0. The predicted molar refractivity (Wildman–Crippen MR) is 140 cm³/mol. The van der Waals surface area contributed by atoms with Gasteiger partial charge in [-0.15, -0.1) is 0 Å². The molecule has 1 N–H and O–H groups in total. The first kappa shape index (κ1) is 23.9. The van der Waals surface area contributed by atoms with Crippen molar-refractivity contribution in [2.75, 3.05) is 19.5 Å². The molecule has 0 unspecified atom stereocenters. The Kier molecular flexibility index (Phi) is 6.94. The highest BCUT2D eigenvalue weighted by Gasteiger charge is 2.46. The van der Waals surface area contributed by atoms with Crippen LogP contribution in [0.15, 0.2) is 72.8 Å². The monoisotopic (exact) mass is 484 g/mol. The summed E-state index contributed by atoms with van der Waals surface area (Å²) in [6, 6.07) is 22.3. The Balaban J connectivity index is 1.61. The van der Waals surface area contributed by atoms with E-state index in [4.69, 9.17) is 9.47 Å². The fourth-order valence-corrected chi connectivity index (χ4v) is 5.64. The van der Waals surface area contributed by atoms with E-state index in [1.165, 1.54) is 6.42 Å². The van der Waals surface area contributed by atoms with Gasteiger partial charge in [-0.1, -0.05) is 49.6 Å². The zero-order chi connectivity index (χ0) is 25.1. The summed E-state index contributed by atoms with van der Waals surface area (Å²) >= 11 is 0. The van der Waals surface area contributed by atoms with Crippen molar-refractivity contribution < 1.29 is 19.1 Å². The van der Waals surface area contributed by atoms with E-state index in [-0.39, 0.29) is 17.9 Å². The number of anilines is 1. The summed E-state index contributed by atoms with van der Waals surface area (Å²) in [6.07, 6.45) is 5.27. The minimum absolute atomic E-state index is 0.00631. The normalized spacial score (nSPS) is 19.9. The number of benzene rings is 3. The highest BCUT2D eigenvalue weighted by atomic mass is 16.5. The van der Waals surface area contributed by atoms with Gasteiger partial charge in [0.1, 0.15) is 11.5 Å². The zero-order valence-electron chi connectivity index (χ0n) is 20.8. The maximum Gasteiger partial charge on any atom is 0.254 e. The first-order valence-electron chi connectivity index (χ1n) is 12.6. The van der Waals surface area contributed by atoms with Crippen molar-refractivity contribution in [2.24, 2.45) is 0 Å². The van der Waals surface area contributed by atoms with Gasteiger partial charge in [-0.25, -0.2) is 0 Å². The van der Waals surface area contributed by atoms with E-state index < -0.39 is 12.0 Å². The molecular formula is C30H32N2O4. The van der Waals surface area contributed by atoms with Gasteiger partial charge in [0, 0.05) is 17.3 Å². The minimum atomic E-state index is -0.559. The highest BCUT2D eigenvalue weighted by Crippen LogP contribution is 2.46. The molecule has 1 aliphatic heterocycles. The molecule has 1 fully saturated rings. The van der Waals surface area contributed by atoms with E-state index in [0.717, 1.165) is 48.3 Å². The van der Waals surface area contributed by atoms with Crippen molar-refractivity contribution in [2.45, 2.75) is 50.1 Å². The van der Waals surface area contributed by atoms with Crippen molar-refractivity contribution >= 4 is 17.5 Å². The van der Waals surface area contributed by atoms with Crippen LogP contribution < -0.4 is 14.8 Å². The van der Waals surface area contributed by atoms with Crippen LogP contribution in [0.2, 0.25) is 0 Å². The Morgan fingerprint density at radius 2 is 1.44 bits per heavy atom. The van der Waals surface area contributed by atoms with Gasteiger partial charge >= 0.3 is 0 Å². The molecular weight excluding hydrogens is 452 g/mol. The summed E-state index contributed by atoms with van der Waals surface area (Å²) in [5.74, 6) is 0.774. The number of nitrogens with one attached hydrogen (secondary N) is 1. The van der Waals surface area contributed by atoms with E-state index in [2.05, 4.69) is 5.32 Å². The van der Waals surface area contributed by atoms with Crippen LogP contribution in [0.4, 0.5) is 5.69 Å². The molecule has 1 saturated carbocycles. The second-order valence-corrected chi connectivity index (χ2v) is 9.50. The van der Waals surface area contributed by atoms with Gasteiger partial charge < -0.3 is 19.7 Å². The Morgan fingerprint density at radius 3 is 2.08 bits per heavy atom. The molecule has 3 aromatic carbocycles. The average Bonchev–Trinajstić information content (AvgIpc) is 2.94. The number of methoxy groups -OCH3 is 2. The van der Waals surface area contributed by atoms with E-state index in [1.807, 2.05) is 77.7 Å². The Hall–Kier alpha value is -3.80. The number of nitrogens with zero attached hydrogens (tertiary/aromatic N) is 1. The number of hydrogen-bond donors (Lipinski definition) is 1. The summed E-state index contributed by atoms with van der Waals surface area (Å²) in [6.45, 7) is 0. The third kappa shape index (κ3) is 4.55. The average molecular weight is 485 g/mol. The number of carbonyl (C=O) groups is 2. The fourth-order valence-electron chi connectivity index (χ4n) is 5.64. The second-order valence-electron chi connectivity index (χ2n) is 9.50. The highest BCUT2D eigenvalue weighted by molar-refractivity contribution is 6.04. The van der Waals surface area contributed by atoms with Crippen LogP contribution >= 0.6 is 0 Å². The predicted octanol–water partition coefficient (Wildman–Crippen LogP) is 5.96. The standard InChI is InChI=1S/C30H32N2O4/c1-35-23-16-12-20(13-17-23)28-27(29(33)31-21-14-18-24(36-2)19-15-21)25-10-6-7-11-26(25)30(34)32(28)22-8-4-3-5-9-22/h6-7,10-19,22,27-28H,3-5,8-9H2,1-2H3,(H,31,33)/t27-,28-/m1/s1. The Labute approximate surface area is 212 Å². The Bertz CT molecular complexity index is 1220. The lowest BCUT2D eigenvalue weighted by Gasteiger charge is -2.46. The van der Waals surface area contributed by atoms with Crippen molar-refractivity contribution in [3.8, 4) is 11.5 Å². The number of carbonyl (C=O) groups excluding carboxylic acids is 2. The van der Waals surface area contributed by atoms with Gasteiger partial charge in [0.15, 0.2) is 0 Å². The smallest absolute Gasteiger partial charge is 0.254 e. The van der Waals surface area contributed by atoms with Gasteiger partial charge in [0.05, 0.1) is 26.2 Å². The SMILES string of the molecule is COc1ccc(NC(=O)[C@@H]2c3ccccc3C(=O)N(C3CCCCC3)[C@@H]2c2ccc(OC)cc2)cc1. The number of hydrogen-bond acceptors (Lipinski definition) is 4.